The van der Waals surface area contributed by atoms with E-state index in [1.807, 2.05) is 11.8 Å². The number of amides is 1. The first-order chi connectivity index (χ1) is 8.48. The second-order valence-electron chi connectivity index (χ2n) is 6.21. The number of hydrogen-bond acceptors (Lipinski definition) is 3. The summed E-state index contributed by atoms with van der Waals surface area (Å²) in [5.74, 6) is 1.21. The minimum absolute atomic E-state index is 0.169. The molecule has 0 bridgehead atoms. The zero-order chi connectivity index (χ0) is 13.3. The van der Waals surface area contributed by atoms with Gasteiger partial charge in [-0.05, 0) is 25.7 Å². The summed E-state index contributed by atoms with van der Waals surface area (Å²) in [5, 5.41) is 3.53. The zero-order valence-electron chi connectivity index (χ0n) is 12.0. The van der Waals surface area contributed by atoms with E-state index in [-0.39, 0.29) is 17.6 Å². The van der Waals surface area contributed by atoms with Crippen LogP contribution in [0.5, 0.6) is 0 Å². The van der Waals surface area contributed by atoms with Gasteiger partial charge >= 0.3 is 0 Å². The minimum atomic E-state index is -0.381. The van der Waals surface area contributed by atoms with Gasteiger partial charge in [-0.2, -0.15) is 0 Å². The molecule has 1 amide bonds. The molecular formula is C14H26N2O2. The molecule has 0 aromatic carbocycles. The molecule has 2 heterocycles. The molecule has 1 N–H and O–H groups in total. The Morgan fingerprint density at radius 1 is 1.56 bits per heavy atom. The zero-order valence-corrected chi connectivity index (χ0v) is 12.0. The van der Waals surface area contributed by atoms with Gasteiger partial charge in [0.1, 0.15) is 0 Å². The number of carbonyl (C=O) groups is 1. The molecule has 2 aliphatic rings. The Balaban J connectivity index is 2.11. The van der Waals surface area contributed by atoms with E-state index >= 15 is 0 Å². The van der Waals surface area contributed by atoms with E-state index in [0.29, 0.717) is 11.8 Å². The summed E-state index contributed by atoms with van der Waals surface area (Å²) in [6, 6.07) is 0. The van der Waals surface area contributed by atoms with Crippen LogP contribution in [0.25, 0.3) is 0 Å². The number of carbonyl (C=O) groups excluding carboxylic acids is 1. The molecule has 0 aliphatic carbocycles. The molecular weight excluding hydrogens is 228 g/mol. The van der Waals surface area contributed by atoms with Crippen molar-refractivity contribution in [3.63, 3.8) is 0 Å². The van der Waals surface area contributed by atoms with Gasteiger partial charge in [-0.25, -0.2) is 0 Å². The van der Waals surface area contributed by atoms with Crippen molar-refractivity contribution in [1.29, 1.82) is 0 Å². The monoisotopic (exact) mass is 254 g/mol. The highest BCUT2D eigenvalue weighted by molar-refractivity contribution is 5.88. The highest BCUT2D eigenvalue weighted by atomic mass is 16.5. The summed E-state index contributed by atoms with van der Waals surface area (Å²) >= 11 is 0. The van der Waals surface area contributed by atoms with Gasteiger partial charge in [-0.3, -0.25) is 10.1 Å². The van der Waals surface area contributed by atoms with E-state index in [2.05, 4.69) is 26.1 Å². The van der Waals surface area contributed by atoms with Crippen molar-refractivity contribution in [2.75, 3.05) is 19.8 Å². The quantitative estimate of drug-likeness (QED) is 0.828. The lowest BCUT2D eigenvalue weighted by Gasteiger charge is -2.29. The van der Waals surface area contributed by atoms with Crippen molar-refractivity contribution in [3.8, 4) is 0 Å². The third kappa shape index (κ3) is 2.41. The number of ether oxygens (including phenoxy) is 1. The van der Waals surface area contributed by atoms with E-state index in [1.165, 1.54) is 0 Å². The average Bonchev–Trinajstić information content (AvgIpc) is 2.92. The van der Waals surface area contributed by atoms with Crippen LogP contribution in [0.4, 0.5) is 0 Å². The van der Waals surface area contributed by atoms with Gasteiger partial charge < -0.3 is 9.64 Å². The maximum Gasteiger partial charge on any atom is 0.243 e. The topological polar surface area (TPSA) is 41.6 Å². The number of rotatable bonds is 4. The molecule has 2 fully saturated rings. The summed E-state index contributed by atoms with van der Waals surface area (Å²) in [4.78, 5) is 14.6. The van der Waals surface area contributed by atoms with Crippen LogP contribution in [-0.2, 0) is 9.53 Å². The van der Waals surface area contributed by atoms with Crippen LogP contribution < -0.4 is 5.32 Å². The van der Waals surface area contributed by atoms with E-state index in [9.17, 15) is 4.79 Å². The molecule has 4 heteroatoms. The predicted octanol–water partition coefficient (Wildman–Crippen LogP) is 1.61. The van der Waals surface area contributed by atoms with Gasteiger partial charge in [0.2, 0.25) is 5.91 Å². The molecule has 0 spiro atoms. The van der Waals surface area contributed by atoms with Crippen LogP contribution >= 0.6 is 0 Å². The lowest BCUT2D eigenvalue weighted by Crippen LogP contribution is -2.45. The molecule has 4 nitrogen and oxygen atoms in total. The molecule has 0 radical (unpaired) electrons. The first-order valence-corrected chi connectivity index (χ1v) is 7.14. The lowest BCUT2D eigenvalue weighted by atomic mass is 9.99. The van der Waals surface area contributed by atoms with Crippen LogP contribution in [-0.4, -0.2) is 42.3 Å². The van der Waals surface area contributed by atoms with Gasteiger partial charge in [-0.15, -0.1) is 0 Å². The minimum Gasteiger partial charge on any atom is -0.381 e. The smallest absolute Gasteiger partial charge is 0.243 e. The van der Waals surface area contributed by atoms with E-state index in [1.54, 1.807) is 0 Å². The summed E-state index contributed by atoms with van der Waals surface area (Å²) in [6.45, 7) is 10.9. The Morgan fingerprint density at radius 2 is 2.28 bits per heavy atom. The maximum absolute atomic E-state index is 12.6. The number of hydrogen-bond donors (Lipinski definition) is 1. The molecule has 18 heavy (non-hydrogen) atoms. The van der Waals surface area contributed by atoms with E-state index in [4.69, 9.17) is 4.74 Å². The fourth-order valence-electron chi connectivity index (χ4n) is 2.89. The van der Waals surface area contributed by atoms with Gasteiger partial charge in [0.05, 0.1) is 18.3 Å². The van der Waals surface area contributed by atoms with Crippen molar-refractivity contribution in [3.05, 3.63) is 0 Å². The first-order valence-electron chi connectivity index (χ1n) is 7.14. The molecule has 2 rings (SSSR count). The largest absolute Gasteiger partial charge is 0.381 e. The Morgan fingerprint density at radius 3 is 2.78 bits per heavy atom. The van der Waals surface area contributed by atoms with Crippen molar-refractivity contribution in [1.82, 2.24) is 10.2 Å². The molecule has 3 atom stereocenters. The van der Waals surface area contributed by atoms with Crippen molar-refractivity contribution >= 4 is 5.91 Å². The number of nitrogens with one attached hydrogen (secondary N) is 1. The SMILES string of the molecule is CCC1(C)NC(C(C)C)N(CC2CCOC2)C1=O. The van der Waals surface area contributed by atoms with E-state index < -0.39 is 0 Å². The van der Waals surface area contributed by atoms with Crippen molar-refractivity contribution in [2.24, 2.45) is 11.8 Å². The highest BCUT2D eigenvalue weighted by Crippen LogP contribution is 2.29. The predicted molar refractivity (Wildman–Crippen MR) is 71.1 cm³/mol. The maximum atomic E-state index is 12.6. The molecule has 104 valence electrons. The molecule has 3 unspecified atom stereocenters. The van der Waals surface area contributed by atoms with Gasteiger partial charge in [0.15, 0.2) is 0 Å². The summed E-state index contributed by atoms with van der Waals surface area (Å²) in [6.07, 6.45) is 2.09. The van der Waals surface area contributed by atoms with Crippen molar-refractivity contribution in [2.45, 2.75) is 52.2 Å². The molecule has 0 aromatic rings. The summed E-state index contributed by atoms with van der Waals surface area (Å²) in [7, 11) is 0. The summed E-state index contributed by atoms with van der Waals surface area (Å²) < 4.78 is 5.42. The van der Waals surface area contributed by atoms with Crippen LogP contribution in [0.2, 0.25) is 0 Å². The molecule has 0 saturated carbocycles. The Bertz CT molecular complexity index is 313. The fourth-order valence-corrected chi connectivity index (χ4v) is 2.89. The van der Waals surface area contributed by atoms with Crippen LogP contribution in [0.1, 0.15) is 40.5 Å². The van der Waals surface area contributed by atoms with E-state index in [0.717, 1.165) is 32.6 Å². The Kier molecular flexibility index (Phi) is 3.97. The van der Waals surface area contributed by atoms with Crippen LogP contribution in [0.15, 0.2) is 0 Å². The second kappa shape index (κ2) is 5.17. The summed E-state index contributed by atoms with van der Waals surface area (Å²) in [5.41, 5.74) is -0.381. The second-order valence-corrected chi connectivity index (χ2v) is 6.21. The van der Waals surface area contributed by atoms with Gasteiger partial charge in [0.25, 0.3) is 0 Å². The first kappa shape index (κ1) is 13.8. The Labute approximate surface area is 110 Å². The van der Waals surface area contributed by atoms with Crippen LogP contribution in [0, 0.1) is 11.8 Å². The normalized spacial score (nSPS) is 36.9. The third-order valence-corrected chi connectivity index (χ3v) is 4.35. The molecule has 2 saturated heterocycles. The standard InChI is InChI=1S/C14H26N2O2/c1-5-14(4)13(17)16(12(15-14)10(2)3)8-11-6-7-18-9-11/h10-12,15H,5-9H2,1-4H3. The lowest BCUT2D eigenvalue weighted by molar-refractivity contribution is -0.134. The third-order valence-electron chi connectivity index (χ3n) is 4.35. The number of nitrogens with zero attached hydrogens (tertiary/aromatic N) is 1. The average molecular weight is 254 g/mol. The highest BCUT2D eigenvalue weighted by Gasteiger charge is 2.48. The van der Waals surface area contributed by atoms with Gasteiger partial charge in [-0.1, -0.05) is 20.8 Å². The Hall–Kier alpha value is -0.610. The molecule has 2 aliphatic heterocycles. The van der Waals surface area contributed by atoms with Crippen LogP contribution in [0.3, 0.4) is 0 Å². The van der Waals surface area contributed by atoms with Gasteiger partial charge in [0, 0.05) is 19.1 Å². The molecule has 0 aromatic heterocycles. The fraction of sp³-hybridized carbons (Fsp3) is 0.929. The van der Waals surface area contributed by atoms with Crippen molar-refractivity contribution < 1.29 is 9.53 Å².